The highest BCUT2D eigenvalue weighted by Gasteiger charge is 2.28. The first-order chi connectivity index (χ1) is 11.1. The van der Waals surface area contributed by atoms with Gasteiger partial charge in [0.2, 0.25) is 11.8 Å². The maximum Gasteiger partial charge on any atom is 0.223 e. The fourth-order valence-electron chi connectivity index (χ4n) is 3.88. The largest absolute Gasteiger partial charge is 0.356 e. The highest BCUT2D eigenvalue weighted by atomic mass is 16.2. The van der Waals surface area contributed by atoms with Gasteiger partial charge in [-0.15, -0.1) is 0 Å². The molecule has 0 unspecified atom stereocenters. The summed E-state index contributed by atoms with van der Waals surface area (Å²) in [6, 6.07) is 0. The van der Waals surface area contributed by atoms with E-state index in [1.165, 1.54) is 45.3 Å². The van der Waals surface area contributed by atoms with Gasteiger partial charge in [-0.05, 0) is 63.5 Å². The highest BCUT2D eigenvalue weighted by molar-refractivity contribution is 5.79. The second-order valence-corrected chi connectivity index (χ2v) is 7.71. The standard InChI is InChI=1S/C18H31N3O2/c1-14(22)21-10-6-17(7-11-21)18(23)19-12-15-4-8-20(9-5-15)13-16-2-3-16/h15-17H,2-13H2,1H3,(H,19,23). The molecule has 3 fully saturated rings. The third-order valence-electron chi connectivity index (χ3n) is 5.80. The lowest BCUT2D eigenvalue weighted by molar-refractivity contribution is -0.134. The van der Waals surface area contributed by atoms with Gasteiger partial charge in [0.25, 0.3) is 0 Å². The van der Waals surface area contributed by atoms with Crippen molar-refractivity contribution in [2.24, 2.45) is 17.8 Å². The smallest absolute Gasteiger partial charge is 0.223 e. The third-order valence-corrected chi connectivity index (χ3v) is 5.80. The lowest BCUT2D eigenvalue weighted by Gasteiger charge is -2.33. The Hall–Kier alpha value is -1.10. The molecular formula is C18H31N3O2. The fraction of sp³-hybridized carbons (Fsp3) is 0.889. The Morgan fingerprint density at radius 3 is 2.13 bits per heavy atom. The van der Waals surface area contributed by atoms with E-state index in [2.05, 4.69) is 10.2 Å². The molecule has 5 nitrogen and oxygen atoms in total. The molecule has 0 atom stereocenters. The Morgan fingerprint density at radius 1 is 0.913 bits per heavy atom. The number of nitrogens with zero attached hydrogens (tertiary/aromatic N) is 2. The topological polar surface area (TPSA) is 52.7 Å². The molecule has 0 aromatic carbocycles. The Morgan fingerprint density at radius 2 is 1.57 bits per heavy atom. The summed E-state index contributed by atoms with van der Waals surface area (Å²) in [5.74, 6) is 2.05. The number of nitrogens with one attached hydrogen (secondary N) is 1. The second-order valence-electron chi connectivity index (χ2n) is 7.71. The first-order valence-electron chi connectivity index (χ1n) is 9.37. The van der Waals surface area contributed by atoms with E-state index in [0.717, 1.165) is 38.4 Å². The molecule has 130 valence electrons. The van der Waals surface area contributed by atoms with Crippen LogP contribution in [0.15, 0.2) is 0 Å². The van der Waals surface area contributed by atoms with Crippen LogP contribution in [-0.2, 0) is 9.59 Å². The van der Waals surface area contributed by atoms with Crippen molar-refractivity contribution in [1.29, 1.82) is 0 Å². The molecule has 0 aromatic rings. The molecule has 2 amide bonds. The molecule has 0 aromatic heterocycles. The fourth-order valence-corrected chi connectivity index (χ4v) is 3.88. The minimum Gasteiger partial charge on any atom is -0.356 e. The molecule has 2 saturated heterocycles. The highest BCUT2D eigenvalue weighted by Crippen LogP contribution is 2.31. The molecule has 0 radical (unpaired) electrons. The van der Waals surface area contributed by atoms with E-state index >= 15 is 0 Å². The van der Waals surface area contributed by atoms with Gasteiger partial charge in [-0.1, -0.05) is 0 Å². The van der Waals surface area contributed by atoms with Gasteiger partial charge in [0.05, 0.1) is 0 Å². The van der Waals surface area contributed by atoms with Crippen LogP contribution in [0.3, 0.4) is 0 Å². The van der Waals surface area contributed by atoms with Crippen LogP contribution >= 0.6 is 0 Å². The lowest BCUT2D eigenvalue weighted by atomic mass is 9.94. The molecule has 0 spiro atoms. The number of likely N-dealkylation sites (tertiary alicyclic amines) is 2. The van der Waals surface area contributed by atoms with Crippen LogP contribution in [0.5, 0.6) is 0 Å². The maximum atomic E-state index is 12.3. The van der Waals surface area contributed by atoms with Crippen LogP contribution in [0.2, 0.25) is 0 Å². The summed E-state index contributed by atoms with van der Waals surface area (Å²) in [5.41, 5.74) is 0. The molecule has 2 heterocycles. The normalized spacial score (nSPS) is 24.7. The summed E-state index contributed by atoms with van der Waals surface area (Å²) < 4.78 is 0. The molecule has 2 aliphatic heterocycles. The van der Waals surface area contributed by atoms with Crippen molar-refractivity contribution in [3.63, 3.8) is 0 Å². The molecule has 23 heavy (non-hydrogen) atoms. The van der Waals surface area contributed by atoms with Crippen molar-refractivity contribution < 1.29 is 9.59 Å². The van der Waals surface area contributed by atoms with Crippen LogP contribution in [0, 0.1) is 17.8 Å². The summed E-state index contributed by atoms with van der Waals surface area (Å²) in [7, 11) is 0. The molecule has 1 aliphatic carbocycles. The van der Waals surface area contributed by atoms with Gasteiger partial charge in [-0.3, -0.25) is 9.59 Å². The van der Waals surface area contributed by atoms with Gasteiger partial charge in [-0.25, -0.2) is 0 Å². The number of hydrogen-bond donors (Lipinski definition) is 1. The van der Waals surface area contributed by atoms with Gasteiger partial charge < -0.3 is 15.1 Å². The molecule has 1 saturated carbocycles. The van der Waals surface area contributed by atoms with Gasteiger partial charge in [0, 0.05) is 39.0 Å². The average Bonchev–Trinajstić information content (AvgIpc) is 3.38. The minimum absolute atomic E-state index is 0.0977. The van der Waals surface area contributed by atoms with Crippen molar-refractivity contribution in [1.82, 2.24) is 15.1 Å². The van der Waals surface area contributed by atoms with Crippen molar-refractivity contribution in [3.8, 4) is 0 Å². The maximum absolute atomic E-state index is 12.3. The Labute approximate surface area is 139 Å². The predicted molar refractivity (Wildman–Crippen MR) is 89.9 cm³/mol. The quantitative estimate of drug-likeness (QED) is 0.834. The Balaban J connectivity index is 1.31. The van der Waals surface area contributed by atoms with Gasteiger partial charge >= 0.3 is 0 Å². The number of carbonyl (C=O) groups is 2. The summed E-state index contributed by atoms with van der Waals surface area (Å²) >= 11 is 0. The van der Waals surface area contributed by atoms with Crippen LogP contribution in [-0.4, -0.2) is 60.9 Å². The second kappa shape index (κ2) is 7.65. The average molecular weight is 321 g/mol. The number of amides is 2. The Bertz CT molecular complexity index is 420. The monoisotopic (exact) mass is 321 g/mol. The summed E-state index contributed by atoms with van der Waals surface area (Å²) in [5, 5.41) is 3.17. The number of rotatable bonds is 5. The van der Waals surface area contributed by atoms with Crippen molar-refractivity contribution >= 4 is 11.8 Å². The van der Waals surface area contributed by atoms with Gasteiger partial charge in [0.15, 0.2) is 0 Å². The zero-order valence-electron chi connectivity index (χ0n) is 14.4. The van der Waals surface area contributed by atoms with E-state index in [4.69, 9.17) is 0 Å². The zero-order valence-corrected chi connectivity index (χ0v) is 14.4. The SMILES string of the molecule is CC(=O)N1CCC(C(=O)NCC2CCN(CC3CC3)CC2)CC1. The summed E-state index contributed by atoms with van der Waals surface area (Å²) in [6.07, 6.45) is 6.92. The van der Waals surface area contributed by atoms with Gasteiger partial charge in [0.1, 0.15) is 0 Å². The van der Waals surface area contributed by atoms with Gasteiger partial charge in [-0.2, -0.15) is 0 Å². The van der Waals surface area contributed by atoms with Crippen molar-refractivity contribution in [2.75, 3.05) is 39.3 Å². The number of piperidine rings is 2. The van der Waals surface area contributed by atoms with E-state index in [9.17, 15) is 9.59 Å². The molecule has 5 heteroatoms. The molecule has 1 N–H and O–H groups in total. The lowest BCUT2D eigenvalue weighted by Crippen LogP contribution is -2.44. The summed E-state index contributed by atoms with van der Waals surface area (Å²) in [6.45, 7) is 7.61. The minimum atomic E-state index is 0.0977. The van der Waals surface area contributed by atoms with Crippen molar-refractivity contribution in [3.05, 3.63) is 0 Å². The number of carbonyl (C=O) groups excluding carboxylic acids is 2. The number of hydrogen-bond acceptors (Lipinski definition) is 3. The molecule has 3 aliphatic rings. The van der Waals surface area contributed by atoms with Crippen molar-refractivity contribution in [2.45, 2.75) is 45.4 Å². The Kier molecular flexibility index (Phi) is 5.57. The molecule has 3 rings (SSSR count). The van der Waals surface area contributed by atoms with E-state index in [1.807, 2.05) is 4.90 Å². The summed E-state index contributed by atoms with van der Waals surface area (Å²) in [4.78, 5) is 28.1. The van der Waals surface area contributed by atoms with E-state index < -0.39 is 0 Å². The molecule has 0 bridgehead atoms. The van der Waals surface area contributed by atoms with Crippen LogP contribution in [0.4, 0.5) is 0 Å². The first-order valence-corrected chi connectivity index (χ1v) is 9.37. The van der Waals surface area contributed by atoms with E-state index in [-0.39, 0.29) is 17.7 Å². The van der Waals surface area contributed by atoms with Crippen LogP contribution in [0.25, 0.3) is 0 Å². The predicted octanol–water partition coefficient (Wildman–Crippen LogP) is 1.48. The van der Waals surface area contributed by atoms with Crippen LogP contribution < -0.4 is 5.32 Å². The van der Waals surface area contributed by atoms with E-state index in [1.54, 1.807) is 6.92 Å². The first kappa shape index (κ1) is 16.7. The zero-order chi connectivity index (χ0) is 16.2. The third kappa shape index (κ3) is 4.93. The van der Waals surface area contributed by atoms with E-state index in [0.29, 0.717) is 5.92 Å². The molecular weight excluding hydrogens is 290 g/mol. The van der Waals surface area contributed by atoms with Crippen LogP contribution in [0.1, 0.15) is 45.4 Å².